The van der Waals surface area contributed by atoms with Crippen molar-refractivity contribution in [1.82, 2.24) is 24.4 Å². The van der Waals surface area contributed by atoms with Gasteiger partial charge in [-0.3, -0.25) is 9.36 Å². The first-order chi connectivity index (χ1) is 12.8. The Kier molecular flexibility index (Phi) is 4.35. The van der Waals surface area contributed by atoms with Crippen molar-refractivity contribution in [3.05, 3.63) is 66.5 Å². The molecule has 4 heterocycles. The number of aromatic nitrogens is 4. The molecule has 0 aliphatic carbocycles. The Morgan fingerprint density at radius 2 is 2.15 bits per heavy atom. The Morgan fingerprint density at radius 3 is 2.88 bits per heavy atom. The molecule has 0 aromatic carbocycles. The van der Waals surface area contributed by atoms with Gasteiger partial charge in [0.05, 0.1) is 12.7 Å². The average Bonchev–Trinajstić information content (AvgIpc) is 3.39. The Morgan fingerprint density at radius 1 is 1.23 bits per heavy atom. The summed E-state index contributed by atoms with van der Waals surface area (Å²) < 4.78 is 7.16. The molecule has 3 aromatic heterocycles. The largest absolute Gasteiger partial charge is 0.481 e. The Bertz CT molecular complexity index is 893. The Balaban J connectivity index is 1.47. The molecular weight excluding hydrogens is 330 g/mol. The van der Waals surface area contributed by atoms with Gasteiger partial charge < -0.3 is 9.64 Å². The molecule has 1 amide bonds. The zero-order valence-electron chi connectivity index (χ0n) is 14.4. The summed E-state index contributed by atoms with van der Waals surface area (Å²) in [6, 6.07) is 7.56. The summed E-state index contributed by atoms with van der Waals surface area (Å²) in [7, 11) is 1.62. The molecule has 3 aromatic rings. The number of methoxy groups -OCH3 is 1. The average molecular weight is 349 g/mol. The first-order valence-electron chi connectivity index (χ1n) is 8.49. The maximum Gasteiger partial charge on any atom is 0.255 e. The van der Waals surface area contributed by atoms with Gasteiger partial charge in [-0.25, -0.2) is 15.0 Å². The summed E-state index contributed by atoms with van der Waals surface area (Å²) in [6.45, 7) is 1.37. The number of likely N-dealkylation sites (tertiary alicyclic amines) is 1. The zero-order valence-corrected chi connectivity index (χ0v) is 14.4. The molecule has 0 bridgehead atoms. The van der Waals surface area contributed by atoms with Crippen molar-refractivity contribution in [2.75, 3.05) is 20.2 Å². The number of hydrogen-bond donors (Lipinski definition) is 0. The molecule has 1 aliphatic rings. The lowest BCUT2D eigenvalue weighted by molar-refractivity contribution is 0.0790. The molecule has 1 aliphatic heterocycles. The van der Waals surface area contributed by atoms with Crippen LogP contribution in [0.15, 0.2) is 55.4 Å². The minimum Gasteiger partial charge on any atom is -0.481 e. The van der Waals surface area contributed by atoms with Crippen LogP contribution in [0.1, 0.15) is 28.3 Å². The van der Waals surface area contributed by atoms with Crippen molar-refractivity contribution in [1.29, 1.82) is 0 Å². The summed E-state index contributed by atoms with van der Waals surface area (Å²) in [5.41, 5.74) is 1.64. The minimum absolute atomic E-state index is 0.0000354. The van der Waals surface area contributed by atoms with Gasteiger partial charge in [0.2, 0.25) is 5.88 Å². The van der Waals surface area contributed by atoms with Gasteiger partial charge in [0.15, 0.2) is 0 Å². The third-order valence-electron chi connectivity index (χ3n) is 4.67. The molecule has 0 saturated carbocycles. The third kappa shape index (κ3) is 3.03. The summed E-state index contributed by atoms with van der Waals surface area (Å²) in [5, 5.41) is 0. The van der Waals surface area contributed by atoms with Gasteiger partial charge in [-0.2, -0.15) is 0 Å². The van der Waals surface area contributed by atoms with E-state index in [4.69, 9.17) is 4.74 Å². The van der Waals surface area contributed by atoms with Crippen LogP contribution in [0.5, 0.6) is 5.88 Å². The predicted molar refractivity (Wildman–Crippen MR) is 95.4 cm³/mol. The van der Waals surface area contributed by atoms with Crippen molar-refractivity contribution in [2.24, 2.45) is 0 Å². The van der Waals surface area contributed by atoms with E-state index in [-0.39, 0.29) is 11.8 Å². The summed E-state index contributed by atoms with van der Waals surface area (Å²) in [6.07, 6.45) is 9.42. The van der Waals surface area contributed by atoms with Crippen LogP contribution in [0, 0.1) is 0 Å². The van der Waals surface area contributed by atoms with E-state index in [1.165, 1.54) is 0 Å². The highest BCUT2D eigenvalue weighted by Crippen LogP contribution is 2.32. The molecule has 0 N–H and O–H groups in total. The maximum atomic E-state index is 12.8. The SMILES string of the molecule is COc1ncccc1C1CCN(C(=O)c2ccc(-n3ccnc3)nc2)C1. The molecule has 1 atom stereocenters. The summed E-state index contributed by atoms with van der Waals surface area (Å²) in [5.74, 6) is 1.61. The fraction of sp³-hybridized carbons (Fsp3) is 0.263. The molecule has 7 heteroatoms. The second-order valence-electron chi connectivity index (χ2n) is 6.21. The summed E-state index contributed by atoms with van der Waals surface area (Å²) in [4.78, 5) is 27.3. The highest BCUT2D eigenvalue weighted by molar-refractivity contribution is 5.94. The van der Waals surface area contributed by atoms with Crippen LogP contribution in [0.25, 0.3) is 5.82 Å². The monoisotopic (exact) mass is 349 g/mol. The predicted octanol–water partition coefficient (Wildman–Crippen LogP) is 2.30. The number of hydrogen-bond acceptors (Lipinski definition) is 5. The molecular formula is C19H19N5O2. The van der Waals surface area contributed by atoms with Crippen LogP contribution in [0.2, 0.25) is 0 Å². The lowest BCUT2D eigenvalue weighted by atomic mass is 10.00. The van der Waals surface area contributed by atoms with Gasteiger partial charge in [0, 0.05) is 49.4 Å². The number of rotatable bonds is 4. The fourth-order valence-electron chi connectivity index (χ4n) is 3.33. The molecule has 1 fully saturated rings. The van der Waals surface area contributed by atoms with Crippen molar-refractivity contribution < 1.29 is 9.53 Å². The minimum atomic E-state index is 0.0000354. The van der Waals surface area contributed by atoms with Crippen LogP contribution in [-0.4, -0.2) is 50.5 Å². The number of ether oxygens (including phenoxy) is 1. The number of nitrogens with zero attached hydrogens (tertiary/aromatic N) is 5. The molecule has 4 rings (SSSR count). The second-order valence-corrected chi connectivity index (χ2v) is 6.21. The number of amides is 1. The lowest BCUT2D eigenvalue weighted by Gasteiger charge is -2.17. The molecule has 0 radical (unpaired) electrons. The van der Waals surface area contributed by atoms with Crippen molar-refractivity contribution in [3.63, 3.8) is 0 Å². The van der Waals surface area contributed by atoms with Gasteiger partial charge in [-0.1, -0.05) is 6.07 Å². The Labute approximate surface area is 151 Å². The van der Waals surface area contributed by atoms with E-state index < -0.39 is 0 Å². The van der Waals surface area contributed by atoms with E-state index in [0.717, 1.165) is 17.8 Å². The van der Waals surface area contributed by atoms with Crippen LogP contribution in [0.3, 0.4) is 0 Å². The number of imidazole rings is 1. The zero-order chi connectivity index (χ0) is 17.9. The second kappa shape index (κ2) is 6.95. The summed E-state index contributed by atoms with van der Waals surface area (Å²) >= 11 is 0. The third-order valence-corrected chi connectivity index (χ3v) is 4.67. The van der Waals surface area contributed by atoms with Gasteiger partial charge in [0.25, 0.3) is 5.91 Å². The molecule has 0 spiro atoms. The topological polar surface area (TPSA) is 73.1 Å². The van der Waals surface area contributed by atoms with E-state index in [0.29, 0.717) is 24.5 Å². The van der Waals surface area contributed by atoms with E-state index >= 15 is 0 Å². The van der Waals surface area contributed by atoms with Gasteiger partial charge in [0.1, 0.15) is 12.1 Å². The van der Waals surface area contributed by atoms with E-state index in [2.05, 4.69) is 15.0 Å². The normalized spacial score (nSPS) is 16.7. The smallest absolute Gasteiger partial charge is 0.255 e. The van der Waals surface area contributed by atoms with Crippen LogP contribution in [0.4, 0.5) is 0 Å². The van der Waals surface area contributed by atoms with Gasteiger partial charge in [-0.05, 0) is 24.6 Å². The lowest BCUT2D eigenvalue weighted by Crippen LogP contribution is -2.28. The van der Waals surface area contributed by atoms with Crippen LogP contribution < -0.4 is 4.74 Å². The highest BCUT2D eigenvalue weighted by Gasteiger charge is 2.30. The maximum absolute atomic E-state index is 12.8. The van der Waals surface area contributed by atoms with E-state index in [1.807, 2.05) is 35.4 Å². The standard InChI is InChI=1S/C19H19N5O2/c1-26-18-16(3-2-7-21-18)15-6-9-23(12-15)19(25)14-4-5-17(22-11-14)24-10-8-20-13-24/h2-5,7-8,10-11,13,15H,6,9,12H2,1H3. The van der Waals surface area contributed by atoms with Crippen molar-refractivity contribution in [3.8, 4) is 11.7 Å². The van der Waals surface area contributed by atoms with E-state index in [9.17, 15) is 4.79 Å². The molecule has 132 valence electrons. The number of carbonyl (C=O) groups is 1. The first kappa shape index (κ1) is 16.3. The van der Waals surface area contributed by atoms with Gasteiger partial charge in [-0.15, -0.1) is 0 Å². The fourth-order valence-corrected chi connectivity index (χ4v) is 3.33. The van der Waals surface area contributed by atoms with Crippen LogP contribution >= 0.6 is 0 Å². The highest BCUT2D eigenvalue weighted by atomic mass is 16.5. The van der Waals surface area contributed by atoms with Gasteiger partial charge >= 0.3 is 0 Å². The molecule has 7 nitrogen and oxygen atoms in total. The van der Waals surface area contributed by atoms with Crippen molar-refractivity contribution in [2.45, 2.75) is 12.3 Å². The molecule has 26 heavy (non-hydrogen) atoms. The number of pyridine rings is 2. The first-order valence-corrected chi connectivity index (χ1v) is 8.49. The molecule has 1 saturated heterocycles. The quantitative estimate of drug-likeness (QED) is 0.723. The van der Waals surface area contributed by atoms with Crippen LogP contribution in [-0.2, 0) is 0 Å². The van der Waals surface area contributed by atoms with E-state index in [1.54, 1.807) is 36.6 Å². The number of carbonyl (C=O) groups excluding carboxylic acids is 1. The molecule has 1 unspecified atom stereocenters. The Hall–Kier alpha value is -3.22. The van der Waals surface area contributed by atoms with Crippen molar-refractivity contribution >= 4 is 5.91 Å².